The van der Waals surface area contributed by atoms with Crippen LogP contribution in [0.1, 0.15) is 17.4 Å². The van der Waals surface area contributed by atoms with E-state index in [1.54, 1.807) is 11.6 Å². The first-order chi connectivity index (χ1) is 9.76. The van der Waals surface area contributed by atoms with Crippen LogP contribution in [0.5, 0.6) is 5.75 Å². The third-order valence-corrected chi connectivity index (χ3v) is 3.57. The van der Waals surface area contributed by atoms with Crippen LogP contribution in [0, 0.1) is 0 Å². The molecule has 0 aliphatic heterocycles. The summed E-state index contributed by atoms with van der Waals surface area (Å²) in [5.41, 5.74) is 3.72. The molecule has 102 valence electrons. The highest BCUT2D eigenvalue weighted by atomic mass is 32.1. The van der Waals surface area contributed by atoms with Gasteiger partial charge in [-0.2, -0.15) is 0 Å². The minimum atomic E-state index is -0.181. The molecule has 0 saturated carbocycles. The molecule has 0 fully saturated rings. The third-order valence-electron chi connectivity index (χ3n) is 2.79. The maximum atomic E-state index is 12.1. The number of thiazole rings is 1. The lowest BCUT2D eigenvalue weighted by Crippen LogP contribution is -2.12. The fourth-order valence-electron chi connectivity index (χ4n) is 1.87. The van der Waals surface area contributed by atoms with E-state index < -0.39 is 0 Å². The first-order valence-corrected chi connectivity index (χ1v) is 7.10. The number of fused-ring (bicyclic) bond motifs is 1. The molecule has 2 heterocycles. The number of nitrogens with one attached hydrogen (secondary N) is 2. The summed E-state index contributed by atoms with van der Waals surface area (Å²) in [5, 5.41) is 2.83. The van der Waals surface area contributed by atoms with Crippen LogP contribution in [0.2, 0.25) is 0 Å². The van der Waals surface area contributed by atoms with Crippen molar-refractivity contribution in [3.05, 3.63) is 41.5 Å². The summed E-state index contributed by atoms with van der Waals surface area (Å²) in [7, 11) is 0. The first-order valence-electron chi connectivity index (χ1n) is 6.22. The van der Waals surface area contributed by atoms with Crippen LogP contribution in [0.4, 0.5) is 5.69 Å². The van der Waals surface area contributed by atoms with Crippen LogP contribution in [0.15, 0.2) is 35.8 Å². The van der Waals surface area contributed by atoms with Gasteiger partial charge in [-0.1, -0.05) is 0 Å². The monoisotopic (exact) mass is 287 g/mol. The van der Waals surface area contributed by atoms with Gasteiger partial charge in [0, 0.05) is 5.69 Å². The lowest BCUT2D eigenvalue weighted by atomic mass is 10.3. The summed E-state index contributed by atoms with van der Waals surface area (Å²) in [4.78, 5) is 19.2. The van der Waals surface area contributed by atoms with Gasteiger partial charge in [-0.25, -0.2) is 4.98 Å². The van der Waals surface area contributed by atoms with E-state index in [0.29, 0.717) is 12.3 Å². The van der Waals surface area contributed by atoms with Crippen molar-refractivity contribution in [2.24, 2.45) is 0 Å². The Kier molecular flexibility index (Phi) is 3.39. The Morgan fingerprint density at radius 1 is 1.40 bits per heavy atom. The van der Waals surface area contributed by atoms with E-state index in [1.165, 1.54) is 11.3 Å². The highest BCUT2D eigenvalue weighted by Gasteiger charge is 2.11. The van der Waals surface area contributed by atoms with E-state index in [1.807, 2.05) is 31.2 Å². The number of hydrogen-bond donors (Lipinski definition) is 2. The molecule has 0 unspecified atom stereocenters. The summed E-state index contributed by atoms with van der Waals surface area (Å²) in [6.07, 6.45) is 0. The summed E-state index contributed by atoms with van der Waals surface area (Å²) in [5.74, 6) is 0.606. The van der Waals surface area contributed by atoms with Crippen LogP contribution < -0.4 is 10.1 Å². The SMILES string of the molecule is CCOc1ccc(NC(=O)c2cc3scnc3[nH]2)cc1. The summed E-state index contributed by atoms with van der Waals surface area (Å²) in [6, 6.07) is 9.08. The minimum absolute atomic E-state index is 0.181. The van der Waals surface area contributed by atoms with Crippen molar-refractivity contribution in [2.75, 3.05) is 11.9 Å². The number of aromatic nitrogens is 2. The van der Waals surface area contributed by atoms with E-state index in [4.69, 9.17) is 4.74 Å². The van der Waals surface area contributed by atoms with Gasteiger partial charge in [0.05, 0.1) is 16.8 Å². The predicted molar refractivity (Wildman–Crippen MR) is 79.5 cm³/mol. The summed E-state index contributed by atoms with van der Waals surface area (Å²) >= 11 is 1.50. The van der Waals surface area contributed by atoms with Crippen molar-refractivity contribution in [1.29, 1.82) is 0 Å². The van der Waals surface area contributed by atoms with Crippen molar-refractivity contribution in [1.82, 2.24) is 9.97 Å². The number of ether oxygens (including phenoxy) is 1. The Bertz CT molecular complexity index is 702. The molecule has 2 aromatic heterocycles. The minimum Gasteiger partial charge on any atom is -0.494 e. The number of hydrogen-bond acceptors (Lipinski definition) is 4. The van der Waals surface area contributed by atoms with Crippen molar-refractivity contribution in [3.63, 3.8) is 0 Å². The number of amides is 1. The molecule has 0 aliphatic carbocycles. The van der Waals surface area contributed by atoms with Crippen molar-refractivity contribution < 1.29 is 9.53 Å². The van der Waals surface area contributed by atoms with Crippen LogP contribution in [-0.2, 0) is 0 Å². The maximum Gasteiger partial charge on any atom is 0.272 e. The Morgan fingerprint density at radius 3 is 2.90 bits per heavy atom. The molecule has 0 bridgehead atoms. The zero-order chi connectivity index (χ0) is 13.9. The number of H-pyrrole nitrogens is 1. The predicted octanol–water partition coefficient (Wildman–Crippen LogP) is 3.28. The fraction of sp³-hybridized carbons (Fsp3) is 0.143. The molecular weight excluding hydrogens is 274 g/mol. The van der Waals surface area contributed by atoms with Crippen molar-refractivity contribution in [3.8, 4) is 5.75 Å². The number of carbonyl (C=O) groups excluding carboxylic acids is 1. The molecular formula is C14H13N3O2S. The Hall–Kier alpha value is -2.34. The Morgan fingerprint density at radius 2 is 2.20 bits per heavy atom. The maximum absolute atomic E-state index is 12.1. The number of aromatic amines is 1. The quantitative estimate of drug-likeness (QED) is 0.774. The number of nitrogens with zero attached hydrogens (tertiary/aromatic N) is 1. The standard InChI is InChI=1S/C14H13N3O2S/c1-2-19-10-5-3-9(4-6-10)16-14(18)11-7-12-13(17-11)15-8-20-12/h3-8,17H,2H2,1H3,(H,16,18). The van der Waals surface area contributed by atoms with Crippen LogP contribution in [0.25, 0.3) is 10.3 Å². The van der Waals surface area contributed by atoms with Crippen molar-refractivity contribution >= 4 is 33.3 Å². The van der Waals surface area contributed by atoms with Gasteiger partial charge in [-0.3, -0.25) is 4.79 Å². The molecule has 20 heavy (non-hydrogen) atoms. The molecule has 3 aromatic rings. The second kappa shape index (κ2) is 5.34. The van der Waals surface area contributed by atoms with Crippen LogP contribution >= 0.6 is 11.3 Å². The molecule has 1 aromatic carbocycles. The lowest BCUT2D eigenvalue weighted by molar-refractivity contribution is 0.102. The molecule has 5 nitrogen and oxygen atoms in total. The lowest BCUT2D eigenvalue weighted by Gasteiger charge is -2.06. The van der Waals surface area contributed by atoms with Gasteiger partial charge in [-0.05, 0) is 37.3 Å². The fourth-order valence-corrected chi connectivity index (χ4v) is 2.54. The molecule has 2 N–H and O–H groups in total. The first kappa shape index (κ1) is 12.7. The number of benzene rings is 1. The Balaban J connectivity index is 1.73. The topological polar surface area (TPSA) is 67.0 Å². The summed E-state index contributed by atoms with van der Waals surface area (Å²) in [6.45, 7) is 2.55. The van der Waals surface area contributed by atoms with E-state index in [0.717, 1.165) is 21.8 Å². The average molecular weight is 287 g/mol. The van der Waals surface area contributed by atoms with Gasteiger partial charge in [-0.15, -0.1) is 11.3 Å². The molecule has 0 spiro atoms. The molecule has 0 aliphatic rings. The van der Waals surface area contributed by atoms with Gasteiger partial charge < -0.3 is 15.0 Å². The smallest absolute Gasteiger partial charge is 0.272 e. The highest BCUT2D eigenvalue weighted by Crippen LogP contribution is 2.20. The number of carbonyl (C=O) groups is 1. The van der Waals surface area contributed by atoms with Crippen LogP contribution in [-0.4, -0.2) is 22.5 Å². The van der Waals surface area contributed by atoms with E-state index in [9.17, 15) is 4.79 Å². The zero-order valence-electron chi connectivity index (χ0n) is 10.8. The molecule has 6 heteroatoms. The van der Waals surface area contributed by atoms with Gasteiger partial charge >= 0.3 is 0 Å². The Labute approximate surface area is 119 Å². The molecule has 1 amide bonds. The molecule has 3 rings (SSSR count). The largest absolute Gasteiger partial charge is 0.494 e. The molecule has 0 radical (unpaired) electrons. The number of anilines is 1. The second-order valence-electron chi connectivity index (χ2n) is 4.16. The van der Waals surface area contributed by atoms with Crippen LogP contribution in [0.3, 0.4) is 0 Å². The summed E-state index contributed by atoms with van der Waals surface area (Å²) < 4.78 is 6.33. The van der Waals surface area contributed by atoms with E-state index in [2.05, 4.69) is 15.3 Å². The van der Waals surface area contributed by atoms with Gasteiger partial charge in [0.25, 0.3) is 5.91 Å². The molecule has 0 saturated heterocycles. The van der Waals surface area contributed by atoms with E-state index in [-0.39, 0.29) is 5.91 Å². The highest BCUT2D eigenvalue weighted by molar-refractivity contribution is 7.16. The number of rotatable bonds is 4. The van der Waals surface area contributed by atoms with Gasteiger partial charge in [0.1, 0.15) is 17.1 Å². The van der Waals surface area contributed by atoms with Gasteiger partial charge in [0.15, 0.2) is 0 Å². The van der Waals surface area contributed by atoms with E-state index >= 15 is 0 Å². The third kappa shape index (κ3) is 2.50. The molecule has 0 atom stereocenters. The normalized spacial score (nSPS) is 10.7. The average Bonchev–Trinajstić information content (AvgIpc) is 3.02. The zero-order valence-corrected chi connectivity index (χ0v) is 11.7. The van der Waals surface area contributed by atoms with Gasteiger partial charge in [0.2, 0.25) is 0 Å². The second-order valence-corrected chi connectivity index (χ2v) is 5.05. The van der Waals surface area contributed by atoms with Crippen molar-refractivity contribution in [2.45, 2.75) is 6.92 Å².